The monoisotopic (exact) mass is 198 g/mol. The van der Waals surface area contributed by atoms with Gasteiger partial charge in [-0.2, -0.15) is 0 Å². The minimum atomic E-state index is -0.558. The second-order valence-electron chi connectivity index (χ2n) is 3.51. The van der Waals surface area contributed by atoms with E-state index in [0.29, 0.717) is 0 Å². The highest BCUT2D eigenvalue weighted by Gasteiger charge is 2.20. The van der Waals surface area contributed by atoms with Crippen LogP contribution in [0.5, 0.6) is 5.75 Å². The summed E-state index contributed by atoms with van der Waals surface area (Å²) in [7, 11) is 0. The highest BCUT2D eigenvalue weighted by atomic mass is 35.5. The summed E-state index contributed by atoms with van der Waals surface area (Å²) in [4.78, 5) is 10.7. The highest BCUT2D eigenvalue weighted by molar-refractivity contribution is 6.32. The van der Waals surface area contributed by atoms with Gasteiger partial charge in [0.2, 0.25) is 0 Å². The zero-order valence-electron chi connectivity index (χ0n) is 7.54. The lowest BCUT2D eigenvalue weighted by molar-refractivity contribution is -0.111. The number of aromatic hydroxyl groups is 1. The third-order valence-electron chi connectivity index (χ3n) is 1.99. The first-order valence-corrected chi connectivity index (χ1v) is 4.30. The maximum atomic E-state index is 10.7. The van der Waals surface area contributed by atoms with Gasteiger partial charge >= 0.3 is 0 Å². The summed E-state index contributed by atoms with van der Waals surface area (Å²) in [6.45, 7) is 3.59. The number of hydrogen-bond acceptors (Lipinski definition) is 2. The molecule has 0 atom stereocenters. The van der Waals surface area contributed by atoms with E-state index in [9.17, 15) is 4.79 Å². The maximum absolute atomic E-state index is 10.7. The molecule has 3 heteroatoms. The van der Waals surface area contributed by atoms with Gasteiger partial charge in [-0.25, -0.2) is 0 Å². The van der Waals surface area contributed by atoms with Crippen molar-refractivity contribution in [2.45, 2.75) is 19.3 Å². The van der Waals surface area contributed by atoms with E-state index < -0.39 is 5.41 Å². The van der Waals surface area contributed by atoms with E-state index in [4.69, 9.17) is 16.7 Å². The summed E-state index contributed by atoms with van der Waals surface area (Å²) >= 11 is 5.71. The number of phenolic OH excluding ortho intramolecular Hbond substituents is 1. The van der Waals surface area contributed by atoms with Crippen LogP contribution in [0.3, 0.4) is 0 Å². The Hall–Kier alpha value is -1.02. The number of halogens is 1. The predicted molar refractivity (Wildman–Crippen MR) is 52.2 cm³/mol. The molecule has 0 unspecified atom stereocenters. The van der Waals surface area contributed by atoms with Gasteiger partial charge in [-0.05, 0) is 31.5 Å². The van der Waals surface area contributed by atoms with Crippen LogP contribution in [0.15, 0.2) is 18.2 Å². The molecule has 70 valence electrons. The Balaban J connectivity index is 3.18. The molecule has 1 aromatic rings. The topological polar surface area (TPSA) is 37.3 Å². The predicted octanol–water partition coefficient (Wildman–Crippen LogP) is 2.52. The molecule has 0 heterocycles. The molecular formula is C10H11ClO2. The molecule has 0 spiro atoms. The zero-order valence-corrected chi connectivity index (χ0v) is 8.30. The van der Waals surface area contributed by atoms with Gasteiger partial charge in [0.1, 0.15) is 12.0 Å². The van der Waals surface area contributed by atoms with E-state index in [2.05, 4.69) is 0 Å². The number of hydrogen-bond donors (Lipinski definition) is 1. The molecule has 0 saturated carbocycles. The molecule has 1 N–H and O–H groups in total. The fourth-order valence-corrected chi connectivity index (χ4v) is 1.16. The second kappa shape index (κ2) is 3.38. The van der Waals surface area contributed by atoms with E-state index in [1.165, 1.54) is 6.07 Å². The molecule has 0 radical (unpaired) electrons. The van der Waals surface area contributed by atoms with Crippen molar-refractivity contribution in [1.29, 1.82) is 0 Å². The van der Waals surface area contributed by atoms with Gasteiger partial charge in [0.05, 0.1) is 5.02 Å². The van der Waals surface area contributed by atoms with Crippen molar-refractivity contribution in [3.05, 3.63) is 28.8 Å². The summed E-state index contributed by atoms with van der Waals surface area (Å²) in [6, 6.07) is 4.78. The van der Waals surface area contributed by atoms with Crippen LogP contribution in [-0.4, -0.2) is 11.4 Å². The Kier molecular flexibility index (Phi) is 2.62. The molecule has 13 heavy (non-hydrogen) atoms. The summed E-state index contributed by atoms with van der Waals surface area (Å²) in [5.74, 6) is 0.0344. The lowest BCUT2D eigenvalue weighted by atomic mass is 9.86. The van der Waals surface area contributed by atoms with Gasteiger partial charge in [-0.1, -0.05) is 17.7 Å². The molecule has 1 aromatic carbocycles. The minimum absolute atomic E-state index is 0.0344. The lowest BCUT2D eigenvalue weighted by Gasteiger charge is -2.17. The summed E-state index contributed by atoms with van der Waals surface area (Å²) < 4.78 is 0. The van der Waals surface area contributed by atoms with Crippen molar-refractivity contribution >= 4 is 17.9 Å². The fraction of sp³-hybridized carbons (Fsp3) is 0.300. The summed E-state index contributed by atoms with van der Waals surface area (Å²) in [5.41, 5.74) is 0.238. The van der Waals surface area contributed by atoms with Gasteiger partial charge in [0, 0.05) is 5.41 Å². The van der Waals surface area contributed by atoms with E-state index in [-0.39, 0.29) is 10.8 Å². The average Bonchev–Trinajstić information content (AvgIpc) is 2.09. The van der Waals surface area contributed by atoms with Crippen LogP contribution in [-0.2, 0) is 10.2 Å². The number of aldehydes is 1. The van der Waals surface area contributed by atoms with E-state index in [0.717, 1.165) is 11.8 Å². The van der Waals surface area contributed by atoms with Gasteiger partial charge in [0.15, 0.2) is 0 Å². The van der Waals surface area contributed by atoms with Crippen LogP contribution in [0.4, 0.5) is 0 Å². The Labute approximate surface area is 82.2 Å². The Bertz CT molecular complexity index is 332. The van der Waals surface area contributed by atoms with Gasteiger partial charge in [-0.3, -0.25) is 0 Å². The van der Waals surface area contributed by atoms with Crippen molar-refractivity contribution in [3.63, 3.8) is 0 Å². The quantitative estimate of drug-likeness (QED) is 0.742. The third-order valence-corrected chi connectivity index (χ3v) is 2.29. The molecule has 2 nitrogen and oxygen atoms in total. The molecular weight excluding hydrogens is 188 g/mol. The highest BCUT2D eigenvalue weighted by Crippen LogP contribution is 2.29. The molecule has 0 saturated heterocycles. The number of phenols is 1. The SMILES string of the molecule is CC(C)(C=O)c1ccc(O)c(Cl)c1. The maximum Gasteiger partial charge on any atom is 0.134 e. The standard InChI is InChI=1S/C10H11ClO2/c1-10(2,6-12)7-3-4-9(13)8(11)5-7/h3-6,13H,1-2H3. The zero-order chi connectivity index (χ0) is 10.1. The van der Waals surface area contributed by atoms with E-state index >= 15 is 0 Å². The van der Waals surface area contributed by atoms with Crippen LogP contribution < -0.4 is 0 Å². The number of benzene rings is 1. The lowest BCUT2D eigenvalue weighted by Crippen LogP contribution is -2.18. The number of rotatable bonds is 2. The van der Waals surface area contributed by atoms with Crippen molar-refractivity contribution in [3.8, 4) is 5.75 Å². The Morgan fingerprint density at radius 3 is 2.54 bits per heavy atom. The molecule has 0 fully saturated rings. The minimum Gasteiger partial charge on any atom is -0.506 e. The van der Waals surface area contributed by atoms with Crippen LogP contribution >= 0.6 is 11.6 Å². The Morgan fingerprint density at radius 2 is 2.08 bits per heavy atom. The largest absolute Gasteiger partial charge is 0.506 e. The van der Waals surface area contributed by atoms with Gasteiger partial charge in [-0.15, -0.1) is 0 Å². The second-order valence-corrected chi connectivity index (χ2v) is 3.91. The van der Waals surface area contributed by atoms with Crippen LogP contribution in [0.2, 0.25) is 5.02 Å². The number of carbonyl (C=O) groups excluding carboxylic acids is 1. The van der Waals surface area contributed by atoms with Crippen molar-refractivity contribution in [2.75, 3.05) is 0 Å². The third kappa shape index (κ3) is 2.01. The number of carbonyl (C=O) groups is 1. The summed E-state index contributed by atoms with van der Waals surface area (Å²) in [5, 5.41) is 9.43. The fourth-order valence-electron chi connectivity index (χ4n) is 0.976. The van der Waals surface area contributed by atoms with Crippen LogP contribution in [0.1, 0.15) is 19.4 Å². The summed E-state index contributed by atoms with van der Waals surface area (Å²) in [6.07, 6.45) is 0.857. The smallest absolute Gasteiger partial charge is 0.134 e. The first-order valence-electron chi connectivity index (χ1n) is 3.93. The molecule has 0 aliphatic rings. The first kappa shape index (κ1) is 10.1. The normalized spacial score (nSPS) is 11.3. The molecule has 0 bridgehead atoms. The molecule has 0 aliphatic heterocycles. The van der Waals surface area contributed by atoms with Crippen molar-refractivity contribution < 1.29 is 9.90 Å². The molecule has 0 aromatic heterocycles. The Morgan fingerprint density at radius 1 is 1.46 bits per heavy atom. The molecule has 0 aliphatic carbocycles. The van der Waals surface area contributed by atoms with E-state index in [1.54, 1.807) is 26.0 Å². The van der Waals surface area contributed by atoms with E-state index in [1.807, 2.05) is 0 Å². The van der Waals surface area contributed by atoms with Crippen LogP contribution in [0, 0.1) is 0 Å². The van der Waals surface area contributed by atoms with Crippen molar-refractivity contribution in [1.82, 2.24) is 0 Å². The first-order chi connectivity index (χ1) is 5.97. The van der Waals surface area contributed by atoms with Gasteiger partial charge < -0.3 is 9.90 Å². The van der Waals surface area contributed by atoms with Crippen molar-refractivity contribution in [2.24, 2.45) is 0 Å². The van der Waals surface area contributed by atoms with Gasteiger partial charge in [0.25, 0.3) is 0 Å². The van der Waals surface area contributed by atoms with Crippen LogP contribution in [0.25, 0.3) is 0 Å². The average molecular weight is 199 g/mol. The molecule has 1 rings (SSSR count). The molecule has 0 amide bonds.